The summed E-state index contributed by atoms with van der Waals surface area (Å²) >= 11 is 0. The van der Waals surface area contributed by atoms with Gasteiger partial charge in [-0.1, -0.05) is 0 Å². The Labute approximate surface area is 199 Å². The van der Waals surface area contributed by atoms with Crippen LogP contribution in [-0.4, -0.2) is 41.0 Å². The van der Waals surface area contributed by atoms with Crippen LogP contribution in [0.2, 0.25) is 0 Å². The minimum absolute atomic E-state index is 0.0238. The average molecular weight is 481 g/mol. The summed E-state index contributed by atoms with van der Waals surface area (Å²) in [6.45, 7) is 0.123. The van der Waals surface area contributed by atoms with Gasteiger partial charge in [0.15, 0.2) is 16.9 Å². The predicted molar refractivity (Wildman–Crippen MR) is 125 cm³/mol. The van der Waals surface area contributed by atoms with Gasteiger partial charge in [0.1, 0.15) is 5.82 Å². The maximum absolute atomic E-state index is 13.4. The van der Waals surface area contributed by atoms with E-state index in [1.54, 1.807) is 35.5 Å². The predicted octanol–water partition coefficient (Wildman–Crippen LogP) is 1.88. The lowest BCUT2D eigenvalue weighted by molar-refractivity contribution is 0.0486. The number of halogens is 1. The summed E-state index contributed by atoms with van der Waals surface area (Å²) in [6, 6.07) is 5.98. The lowest BCUT2D eigenvalue weighted by Gasteiger charge is -2.14. The van der Waals surface area contributed by atoms with Gasteiger partial charge >= 0.3 is 11.7 Å². The first-order valence-corrected chi connectivity index (χ1v) is 11.5. The van der Waals surface area contributed by atoms with Gasteiger partial charge in [-0.3, -0.25) is 13.9 Å². The van der Waals surface area contributed by atoms with Crippen molar-refractivity contribution in [3.05, 3.63) is 74.2 Å². The molecule has 0 N–H and O–H groups in total. The molecule has 0 fully saturated rings. The number of esters is 1. The van der Waals surface area contributed by atoms with Crippen LogP contribution < -0.4 is 11.2 Å². The van der Waals surface area contributed by atoms with E-state index in [4.69, 9.17) is 4.74 Å². The number of fused-ring (bicyclic) bond motifs is 2. The molecule has 1 aliphatic rings. The summed E-state index contributed by atoms with van der Waals surface area (Å²) in [6.07, 6.45) is 5.20. The molecular formula is C24H25FN6O4. The largest absolute Gasteiger partial charge is 0.461 e. The zero-order valence-electron chi connectivity index (χ0n) is 19.5. The Hall–Kier alpha value is -4.02. The van der Waals surface area contributed by atoms with Gasteiger partial charge < -0.3 is 9.30 Å². The Morgan fingerprint density at radius 3 is 2.63 bits per heavy atom. The second-order valence-corrected chi connectivity index (χ2v) is 8.68. The lowest BCUT2D eigenvalue weighted by atomic mass is 9.95. The van der Waals surface area contributed by atoms with E-state index in [0.717, 1.165) is 41.5 Å². The molecule has 5 rings (SSSR count). The van der Waals surface area contributed by atoms with Crippen LogP contribution in [0.25, 0.3) is 16.9 Å². The number of nitrogens with zero attached hydrogens (tertiary/aromatic N) is 6. The van der Waals surface area contributed by atoms with Crippen LogP contribution in [0.15, 0.2) is 40.2 Å². The minimum Gasteiger partial charge on any atom is -0.461 e. The maximum atomic E-state index is 13.4. The highest BCUT2D eigenvalue weighted by Gasteiger charge is 2.26. The number of aromatic nitrogens is 6. The van der Waals surface area contributed by atoms with Crippen molar-refractivity contribution in [1.29, 1.82) is 0 Å². The van der Waals surface area contributed by atoms with E-state index in [-0.39, 0.29) is 31.1 Å². The Morgan fingerprint density at radius 1 is 1.11 bits per heavy atom. The van der Waals surface area contributed by atoms with Crippen molar-refractivity contribution in [3.8, 4) is 5.69 Å². The van der Waals surface area contributed by atoms with Crippen molar-refractivity contribution < 1.29 is 13.9 Å². The number of rotatable bonds is 6. The molecule has 10 nitrogen and oxygen atoms in total. The number of carbonyl (C=O) groups excluding carboxylic acids is 1. The van der Waals surface area contributed by atoms with E-state index in [1.165, 1.54) is 23.0 Å². The molecule has 11 heteroatoms. The second kappa shape index (κ2) is 8.97. The molecule has 0 radical (unpaired) electrons. The second-order valence-electron chi connectivity index (χ2n) is 8.68. The lowest BCUT2D eigenvalue weighted by Crippen LogP contribution is -2.39. The molecule has 0 amide bonds. The first kappa shape index (κ1) is 22.8. The fourth-order valence-electron chi connectivity index (χ4n) is 4.61. The Balaban J connectivity index is 1.32. The summed E-state index contributed by atoms with van der Waals surface area (Å²) in [5, 5.41) is 4.51. The summed E-state index contributed by atoms with van der Waals surface area (Å²) < 4.78 is 24.6. The first-order valence-electron chi connectivity index (χ1n) is 11.5. The molecule has 1 aliphatic carbocycles. The molecule has 0 bridgehead atoms. The first-order chi connectivity index (χ1) is 16.9. The third-order valence-electron chi connectivity index (χ3n) is 6.40. The number of hydrogen-bond acceptors (Lipinski definition) is 6. The normalized spacial score (nSPS) is 13.2. The summed E-state index contributed by atoms with van der Waals surface area (Å²) in [4.78, 5) is 42.4. The summed E-state index contributed by atoms with van der Waals surface area (Å²) in [5.74, 6) is -0.891. The fourth-order valence-corrected chi connectivity index (χ4v) is 4.61. The summed E-state index contributed by atoms with van der Waals surface area (Å²) in [7, 11) is 3.26. The van der Waals surface area contributed by atoms with Gasteiger partial charge in [-0.25, -0.2) is 23.6 Å². The van der Waals surface area contributed by atoms with E-state index in [2.05, 4.69) is 10.1 Å². The number of hydrogen-bond donors (Lipinski definition) is 0. The number of ether oxygens (including phenoxy) is 1. The monoisotopic (exact) mass is 480 g/mol. The third kappa shape index (κ3) is 3.96. The molecule has 3 heterocycles. The van der Waals surface area contributed by atoms with Gasteiger partial charge in [0.05, 0.1) is 18.6 Å². The molecule has 3 aromatic heterocycles. The van der Waals surface area contributed by atoms with Gasteiger partial charge in [0, 0.05) is 31.9 Å². The Morgan fingerprint density at radius 2 is 1.86 bits per heavy atom. The van der Waals surface area contributed by atoms with Crippen LogP contribution in [0.5, 0.6) is 0 Å². The molecule has 0 atom stereocenters. The van der Waals surface area contributed by atoms with E-state index in [0.29, 0.717) is 16.9 Å². The van der Waals surface area contributed by atoms with Crippen molar-refractivity contribution in [3.63, 3.8) is 0 Å². The van der Waals surface area contributed by atoms with E-state index < -0.39 is 17.2 Å². The third-order valence-corrected chi connectivity index (χ3v) is 6.40. The van der Waals surface area contributed by atoms with Crippen molar-refractivity contribution in [1.82, 2.24) is 28.5 Å². The van der Waals surface area contributed by atoms with Crippen molar-refractivity contribution in [2.24, 2.45) is 14.1 Å². The van der Waals surface area contributed by atoms with E-state index in [1.807, 2.05) is 0 Å². The quantitative estimate of drug-likeness (QED) is 0.308. The van der Waals surface area contributed by atoms with Crippen LogP contribution in [0.1, 0.15) is 41.0 Å². The van der Waals surface area contributed by atoms with Gasteiger partial charge in [-0.2, -0.15) is 5.10 Å². The molecule has 4 aromatic rings. The fraction of sp³-hybridized carbons (Fsp3) is 0.375. The smallest absolute Gasteiger partial charge is 0.359 e. The van der Waals surface area contributed by atoms with Crippen molar-refractivity contribution in [2.45, 2.75) is 38.6 Å². The number of aryl methyl sites for hydroxylation is 2. The average Bonchev–Trinajstić information content (AvgIpc) is 3.44. The zero-order chi connectivity index (χ0) is 24.7. The SMILES string of the molecule is Cn1cnc2c1c(=O)n(CCCOC(=O)c1nn(-c3ccc(F)cc3)c3c1CCCC3)c(=O)n2C. The van der Waals surface area contributed by atoms with Crippen LogP contribution in [0, 0.1) is 5.82 Å². The molecule has 0 unspecified atom stereocenters. The number of imidazole rings is 1. The van der Waals surface area contributed by atoms with Crippen molar-refractivity contribution in [2.75, 3.05) is 6.61 Å². The van der Waals surface area contributed by atoms with Crippen LogP contribution in [-0.2, 0) is 38.2 Å². The molecule has 0 aliphatic heterocycles. The standard InChI is InChI=1S/C24H25FN6O4/c1-28-14-26-21-20(28)22(32)30(24(34)29(21)2)12-5-13-35-23(33)19-17-6-3-4-7-18(17)31(27-19)16-10-8-15(25)9-11-16/h8-11,14H,3-7,12-13H2,1-2H3. The molecule has 0 spiro atoms. The van der Waals surface area contributed by atoms with E-state index >= 15 is 0 Å². The van der Waals surface area contributed by atoms with Crippen LogP contribution in [0.3, 0.4) is 0 Å². The maximum Gasteiger partial charge on any atom is 0.359 e. The highest BCUT2D eigenvalue weighted by atomic mass is 19.1. The van der Waals surface area contributed by atoms with Gasteiger partial charge in [-0.15, -0.1) is 0 Å². The zero-order valence-corrected chi connectivity index (χ0v) is 19.5. The van der Waals surface area contributed by atoms with Gasteiger partial charge in [0.2, 0.25) is 0 Å². The molecule has 35 heavy (non-hydrogen) atoms. The highest BCUT2D eigenvalue weighted by molar-refractivity contribution is 5.89. The van der Waals surface area contributed by atoms with Crippen molar-refractivity contribution >= 4 is 17.1 Å². The van der Waals surface area contributed by atoms with Crippen LogP contribution >= 0.6 is 0 Å². The topological polar surface area (TPSA) is 106 Å². The molecule has 0 saturated carbocycles. The molecular weight excluding hydrogens is 455 g/mol. The molecule has 1 aromatic carbocycles. The Bertz CT molecular complexity index is 1540. The minimum atomic E-state index is -0.550. The molecule has 0 saturated heterocycles. The van der Waals surface area contributed by atoms with Gasteiger partial charge in [-0.05, 0) is 56.4 Å². The number of benzene rings is 1. The number of carbonyl (C=O) groups is 1. The summed E-state index contributed by atoms with van der Waals surface area (Å²) in [5.41, 5.74) is 2.50. The van der Waals surface area contributed by atoms with Gasteiger partial charge in [0.25, 0.3) is 5.56 Å². The van der Waals surface area contributed by atoms with E-state index in [9.17, 15) is 18.8 Å². The Kier molecular flexibility index (Phi) is 5.83. The molecule has 182 valence electrons. The highest BCUT2D eigenvalue weighted by Crippen LogP contribution is 2.27. The van der Waals surface area contributed by atoms with Crippen LogP contribution in [0.4, 0.5) is 4.39 Å².